The third kappa shape index (κ3) is 5.00. The number of aliphatic hydroxyl groups excluding tert-OH is 1. The molecule has 0 saturated carbocycles. The van der Waals surface area contributed by atoms with Gasteiger partial charge in [-0.3, -0.25) is 14.6 Å². The predicted molar refractivity (Wildman–Crippen MR) is 140 cm³/mol. The van der Waals surface area contributed by atoms with E-state index in [1.807, 2.05) is 73.7 Å². The van der Waals surface area contributed by atoms with Gasteiger partial charge in [-0.15, -0.1) is 0 Å². The molecule has 0 aliphatic carbocycles. The molecule has 3 aromatic carbocycles. The Kier molecular flexibility index (Phi) is 6.81. The monoisotopic (exact) mass is 490 g/mol. The largest absolute Gasteiger partial charge is 0.507 e. The molecule has 1 unspecified atom stereocenters. The lowest BCUT2D eigenvalue weighted by atomic mass is 9.94. The first-order chi connectivity index (χ1) is 18.0. The van der Waals surface area contributed by atoms with Crippen LogP contribution in [0.1, 0.15) is 34.0 Å². The van der Waals surface area contributed by atoms with E-state index in [4.69, 9.17) is 4.74 Å². The van der Waals surface area contributed by atoms with Crippen molar-refractivity contribution in [2.75, 3.05) is 0 Å². The van der Waals surface area contributed by atoms with E-state index in [9.17, 15) is 14.7 Å². The van der Waals surface area contributed by atoms with Gasteiger partial charge in [0, 0.05) is 11.8 Å². The first-order valence-electron chi connectivity index (χ1n) is 12.0. The van der Waals surface area contributed by atoms with Crippen molar-refractivity contribution >= 4 is 17.4 Å². The molecule has 0 radical (unpaired) electrons. The van der Waals surface area contributed by atoms with Crippen molar-refractivity contribution in [1.29, 1.82) is 0 Å². The van der Waals surface area contributed by atoms with Crippen LogP contribution in [0.15, 0.2) is 109 Å². The number of carbonyl (C=O) groups excluding carboxylic acids is 2. The predicted octanol–water partition coefficient (Wildman–Crippen LogP) is 5.59. The molecule has 2 heterocycles. The lowest BCUT2D eigenvalue weighted by molar-refractivity contribution is -0.140. The van der Waals surface area contributed by atoms with Gasteiger partial charge >= 0.3 is 0 Å². The highest BCUT2D eigenvalue weighted by Gasteiger charge is 2.46. The van der Waals surface area contributed by atoms with E-state index in [-0.39, 0.29) is 17.9 Å². The summed E-state index contributed by atoms with van der Waals surface area (Å²) in [6, 6.07) is 29.0. The molecule has 1 aliphatic heterocycles. The summed E-state index contributed by atoms with van der Waals surface area (Å²) in [6.07, 6.45) is 1.65. The standard InChI is InChI=1S/C31H26N2O4/c1-21-18-24(15-16-26(21)37-20-22-10-4-2-5-11-22)29(34)27-28(23-12-6-3-7-13-23)33(31(36)30(27)35)19-25-14-8-9-17-32-25/h2-18,28,34H,19-20H2,1H3/b29-27-. The van der Waals surface area contributed by atoms with E-state index in [0.29, 0.717) is 23.6 Å². The molecule has 5 rings (SSSR count). The Balaban J connectivity index is 1.50. The number of hydrogen-bond donors (Lipinski definition) is 1. The average Bonchev–Trinajstić information content (AvgIpc) is 3.18. The topological polar surface area (TPSA) is 79.7 Å². The van der Waals surface area contributed by atoms with Crippen LogP contribution < -0.4 is 4.74 Å². The molecular weight excluding hydrogens is 464 g/mol. The smallest absolute Gasteiger partial charge is 0.296 e. The number of amides is 1. The number of benzene rings is 3. The SMILES string of the molecule is Cc1cc(/C(O)=C2/C(=O)C(=O)N(Cc3ccccn3)C2c2ccccc2)ccc1OCc1ccccc1. The fraction of sp³-hybridized carbons (Fsp3) is 0.129. The van der Waals surface area contributed by atoms with Gasteiger partial charge in [0.2, 0.25) is 0 Å². The lowest BCUT2D eigenvalue weighted by Crippen LogP contribution is -2.29. The quantitative estimate of drug-likeness (QED) is 0.208. The number of carbonyl (C=O) groups is 2. The van der Waals surface area contributed by atoms with E-state index in [2.05, 4.69) is 4.98 Å². The Labute approximate surface area is 215 Å². The molecule has 0 spiro atoms. The van der Waals surface area contributed by atoms with Gasteiger partial charge < -0.3 is 14.7 Å². The fourth-order valence-electron chi connectivity index (χ4n) is 4.54. The first-order valence-corrected chi connectivity index (χ1v) is 12.0. The molecule has 1 atom stereocenters. The Hall–Kier alpha value is -4.71. The Bertz CT molecular complexity index is 1450. The van der Waals surface area contributed by atoms with Crippen molar-refractivity contribution in [3.63, 3.8) is 0 Å². The van der Waals surface area contributed by atoms with Crippen molar-refractivity contribution in [1.82, 2.24) is 9.88 Å². The molecule has 6 heteroatoms. The second-order valence-corrected chi connectivity index (χ2v) is 8.91. The summed E-state index contributed by atoms with van der Waals surface area (Å²) in [5.74, 6) is -0.922. The van der Waals surface area contributed by atoms with Crippen LogP contribution in [0.25, 0.3) is 5.76 Å². The van der Waals surface area contributed by atoms with Crippen LogP contribution in [0.5, 0.6) is 5.75 Å². The number of likely N-dealkylation sites (tertiary alicyclic amines) is 1. The third-order valence-electron chi connectivity index (χ3n) is 6.40. The fourth-order valence-corrected chi connectivity index (χ4v) is 4.54. The van der Waals surface area contributed by atoms with Gasteiger partial charge in [0.25, 0.3) is 11.7 Å². The average molecular weight is 491 g/mol. The minimum atomic E-state index is -0.738. The number of rotatable bonds is 7. The Morgan fingerprint density at radius 3 is 2.30 bits per heavy atom. The summed E-state index contributed by atoms with van der Waals surface area (Å²) in [4.78, 5) is 32.2. The van der Waals surface area contributed by atoms with Crippen molar-refractivity contribution in [3.05, 3.63) is 137 Å². The molecule has 1 aliphatic rings. The van der Waals surface area contributed by atoms with Gasteiger partial charge in [-0.05, 0) is 53.9 Å². The number of ether oxygens (including phenoxy) is 1. The number of hydrogen-bond acceptors (Lipinski definition) is 5. The zero-order valence-corrected chi connectivity index (χ0v) is 20.4. The lowest BCUT2D eigenvalue weighted by Gasteiger charge is -2.25. The van der Waals surface area contributed by atoms with Crippen molar-refractivity contribution in [2.24, 2.45) is 0 Å². The molecule has 6 nitrogen and oxygen atoms in total. The molecule has 1 aromatic heterocycles. The van der Waals surface area contributed by atoms with Crippen LogP contribution in [0.2, 0.25) is 0 Å². The van der Waals surface area contributed by atoms with Gasteiger partial charge in [-0.1, -0.05) is 66.7 Å². The second-order valence-electron chi connectivity index (χ2n) is 8.91. The van der Waals surface area contributed by atoms with Crippen LogP contribution in [0, 0.1) is 6.92 Å². The molecule has 1 amide bonds. The Morgan fingerprint density at radius 2 is 1.62 bits per heavy atom. The number of aromatic nitrogens is 1. The zero-order chi connectivity index (χ0) is 25.8. The maximum atomic E-state index is 13.3. The Morgan fingerprint density at radius 1 is 0.919 bits per heavy atom. The van der Waals surface area contributed by atoms with E-state index >= 15 is 0 Å². The number of Topliss-reactive ketones (excluding diaryl/α,β-unsaturated/α-hetero) is 1. The van der Waals surface area contributed by atoms with E-state index in [1.54, 1.807) is 36.5 Å². The maximum Gasteiger partial charge on any atom is 0.296 e. The van der Waals surface area contributed by atoms with E-state index < -0.39 is 17.7 Å². The molecular formula is C31H26N2O4. The molecule has 1 N–H and O–H groups in total. The highest BCUT2D eigenvalue weighted by molar-refractivity contribution is 6.46. The molecule has 0 bridgehead atoms. The molecule has 184 valence electrons. The highest BCUT2D eigenvalue weighted by atomic mass is 16.5. The number of pyridine rings is 1. The van der Waals surface area contributed by atoms with Crippen LogP contribution in [-0.2, 0) is 22.7 Å². The third-order valence-corrected chi connectivity index (χ3v) is 6.40. The van der Waals surface area contributed by atoms with Gasteiger partial charge in [0.05, 0.1) is 23.9 Å². The van der Waals surface area contributed by atoms with E-state index in [0.717, 1.165) is 16.7 Å². The van der Waals surface area contributed by atoms with Crippen molar-refractivity contribution in [2.45, 2.75) is 26.1 Å². The summed E-state index contributed by atoms with van der Waals surface area (Å²) in [6.45, 7) is 2.44. The summed E-state index contributed by atoms with van der Waals surface area (Å²) in [5.41, 5.74) is 3.74. The molecule has 1 saturated heterocycles. The highest BCUT2D eigenvalue weighted by Crippen LogP contribution is 2.40. The zero-order valence-electron chi connectivity index (χ0n) is 20.4. The van der Waals surface area contributed by atoms with Gasteiger partial charge in [0.1, 0.15) is 18.1 Å². The van der Waals surface area contributed by atoms with E-state index in [1.165, 1.54) is 4.90 Å². The van der Waals surface area contributed by atoms with Crippen LogP contribution >= 0.6 is 0 Å². The number of nitrogens with zero attached hydrogens (tertiary/aromatic N) is 2. The van der Waals surface area contributed by atoms with Crippen molar-refractivity contribution in [3.8, 4) is 5.75 Å². The van der Waals surface area contributed by atoms with Gasteiger partial charge in [-0.25, -0.2) is 0 Å². The van der Waals surface area contributed by atoms with Crippen LogP contribution in [0.4, 0.5) is 0 Å². The van der Waals surface area contributed by atoms with Gasteiger partial charge in [-0.2, -0.15) is 0 Å². The summed E-state index contributed by atoms with van der Waals surface area (Å²) < 4.78 is 5.96. The van der Waals surface area contributed by atoms with Crippen molar-refractivity contribution < 1.29 is 19.4 Å². The normalized spacial score (nSPS) is 16.7. The number of ketones is 1. The number of aliphatic hydroxyl groups is 1. The summed E-state index contributed by atoms with van der Waals surface area (Å²) in [5, 5.41) is 11.4. The summed E-state index contributed by atoms with van der Waals surface area (Å²) in [7, 11) is 0. The van der Waals surface area contributed by atoms with Gasteiger partial charge in [0.15, 0.2) is 0 Å². The maximum absolute atomic E-state index is 13.3. The van der Waals surface area contributed by atoms with Crippen LogP contribution in [0.3, 0.4) is 0 Å². The summed E-state index contributed by atoms with van der Waals surface area (Å²) >= 11 is 0. The first kappa shape index (κ1) is 24.0. The minimum Gasteiger partial charge on any atom is -0.507 e. The van der Waals surface area contributed by atoms with Crippen LogP contribution in [-0.4, -0.2) is 26.7 Å². The molecule has 37 heavy (non-hydrogen) atoms. The molecule has 4 aromatic rings. The number of aryl methyl sites for hydroxylation is 1. The molecule has 1 fully saturated rings. The second kappa shape index (κ2) is 10.5. The minimum absolute atomic E-state index is 0.0597.